The van der Waals surface area contributed by atoms with E-state index in [0.717, 1.165) is 19.0 Å². The zero-order valence-electron chi connectivity index (χ0n) is 11.8. The van der Waals surface area contributed by atoms with E-state index in [4.69, 9.17) is 4.74 Å². The molecule has 0 atom stereocenters. The molecule has 0 fully saturated rings. The van der Waals surface area contributed by atoms with Crippen molar-refractivity contribution in [1.29, 1.82) is 0 Å². The average molecular weight is 287 g/mol. The number of rotatable bonds is 7. The summed E-state index contributed by atoms with van der Waals surface area (Å²) < 4.78 is 44.2. The van der Waals surface area contributed by atoms with E-state index in [1.54, 1.807) is 13.0 Å². The van der Waals surface area contributed by atoms with Crippen molar-refractivity contribution < 1.29 is 17.9 Å². The summed E-state index contributed by atoms with van der Waals surface area (Å²) in [5.74, 6) is -0.153. The summed E-state index contributed by atoms with van der Waals surface area (Å²) in [4.78, 5) is 0. The number of hydrogen-bond donors (Lipinski definition) is 1. The summed E-state index contributed by atoms with van der Waals surface area (Å²) in [5, 5.41) is 3.08. The van der Waals surface area contributed by atoms with Crippen molar-refractivity contribution in [1.82, 2.24) is 5.32 Å². The fourth-order valence-electron chi connectivity index (χ4n) is 1.64. The third kappa shape index (κ3) is 5.25. The lowest BCUT2D eigenvalue weighted by molar-refractivity contribution is -0.138. The van der Waals surface area contributed by atoms with Crippen molar-refractivity contribution in [2.45, 2.75) is 33.0 Å². The molecule has 1 aromatic carbocycles. The van der Waals surface area contributed by atoms with Gasteiger partial charge in [-0.2, -0.15) is 13.2 Å². The predicted octanol–water partition coefficient (Wildman–Crippen LogP) is 4.16. The van der Waals surface area contributed by atoms with Crippen LogP contribution in [0.3, 0.4) is 0 Å². The quantitative estimate of drug-likeness (QED) is 0.600. The first-order chi connectivity index (χ1) is 9.34. The summed E-state index contributed by atoms with van der Waals surface area (Å²) >= 11 is 0. The fourth-order valence-corrected chi connectivity index (χ4v) is 1.64. The van der Waals surface area contributed by atoms with Gasteiger partial charge in [-0.1, -0.05) is 19.6 Å². The highest BCUT2D eigenvalue weighted by Crippen LogP contribution is 2.37. The summed E-state index contributed by atoms with van der Waals surface area (Å²) in [6.07, 6.45) is -3.49. The maximum atomic E-state index is 13.0. The number of benzene rings is 1. The van der Waals surface area contributed by atoms with Gasteiger partial charge in [0.15, 0.2) is 0 Å². The van der Waals surface area contributed by atoms with Crippen LogP contribution in [0.2, 0.25) is 0 Å². The normalized spacial score (nSPS) is 11.4. The molecule has 0 spiro atoms. The minimum absolute atomic E-state index is 0.0799. The Labute approximate surface area is 117 Å². The first-order valence-electron chi connectivity index (χ1n) is 6.52. The average Bonchev–Trinajstić information content (AvgIpc) is 2.36. The lowest BCUT2D eigenvalue weighted by Crippen LogP contribution is -2.15. The van der Waals surface area contributed by atoms with Gasteiger partial charge in [0.2, 0.25) is 0 Å². The molecule has 112 valence electrons. The van der Waals surface area contributed by atoms with Gasteiger partial charge in [-0.3, -0.25) is 0 Å². The van der Waals surface area contributed by atoms with Crippen LogP contribution in [0.15, 0.2) is 30.4 Å². The predicted molar refractivity (Wildman–Crippen MR) is 73.8 cm³/mol. The first-order valence-corrected chi connectivity index (χ1v) is 6.52. The van der Waals surface area contributed by atoms with Crippen LogP contribution >= 0.6 is 0 Å². The third-order valence-corrected chi connectivity index (χ3v) is 2.58. The number of alkyl halides is 3. The highest BCUT2D eigenvalue weighted by molar-refractivity contribution is 5.39. The van der Waals surface area contributed by atoms with Gasteiger partial charge in [0.25, 0.3) is 0 Å². The maximum absolute atomic E-state index is 13.0. The highest BCUT2D eigenvalue weighted by Gasteiger charge is 2.34. The second-order valence-corrected chi connectivity index (χ2v) is 4.75. The second kappa shape index (κ2) is 7.33. The molecule has 0 amide bonds. The number of hydrogen-bond acceptors (Lipinski definition) is 2. The minimum Gasteiger partial charge on any atom is -0.489 e. The lowest BCUT2D eigenvalue weighted by atomic mass is 10.1. The second-order valence-electron chi connectivity index (χ2n) is 4.75. The molecule has 0 bridgehead atoms. The van der Waals surface area contributed by atoms with Crippen LogP contribution in [0, 0.1) is 0 Å². The van der Waals surface area contributed by atoms with E-state index in [2.05, 4.69) is 11.9 Å². The van der Waals surface area contributed by atoms with Crippen molar-refractivity contribution in [2.24, 2.45) is 0 Å². The Bertz CT molecular complexity index is 455. The van der Waals surface area contributed by atoms with Crippen LogP contribution in [0.25, 0.3) is 0 Å². The Morgan fingerprint density at radius 3 is 2.60 bits per heavy atom. The van der Waals surface area contributed by atoms with Crippen molar-refractivity contribution >= 4 is 0 Å². The smallest absolute Gasteiger partial charge is 0.419 e. The number of nitrogens with one attached hydrogen (secondary N) is 1. The van der Waals surface area contributed by atoms with E-state index < -0.39 is 11.7 Å². The molecule has 0 saturated carbocycles. The number of halogens is 3. The molecule has 0 heterocycles. The summed E-state index contributed by atoms with van der Waals surface area (Å²) in [6, 6.07) is 4.15. The Hall–Kier alpha value is -1.49. The summed E-state index contributed by atoms with van der Waals surface area (Å²) in [5.41, 5.74) is 0.523. The van der Waals surface area contributed by atoms with Gasteiger partial charge in [-0.15, -0.1) is 0 Å². The molecule has 0 aliphatic carbocycles. The van der Waals surface area contributed by atoms with Gasteiger partial charge in [0.1, 0.15) is 12.4 Å². The van der Waals surface area contributed by atoms with Gasteiger partial charge in [-0.25, -0.2) is 0 Å². The van der Waals surface area contributed by atoms with E-state index in [1.807, 2.05) is 6.92 Å². The minimum atomic E-state index is -4.43. The molecule has 0 saturated heterocycles. The Kier molecular flexibility index (Phi) is 6.07. The van der Waals surface area contributed by atoms with E-state index in [1.165, 1.54) is 6.07 Å². The van der Waals surface area contributed by atoms with Gasteiger partial charge in [0.05, 0.1) is 5.56 Å². The molecule has 1 N–H and O–H groups in total. The SMILES string of the molecule is C=C(C)COc1ccc(CNCCC)cc1C(F)(F)F. The monoisotopic (exact) mass is 287 g/mol. The molecule has 1 aromatic rings. The van der Waals surface area contributed by atoms with Crippen molar-refractivity contribution in [3.63, 3.8) is 0 Å². The van der Waals surface area contributed by atoms with Crippen LogP contribution in [0.1, 0.15) is 31.4 Å². The summed E-state index contributed by atoms with van der Waals surface area (Å²) in [7, 11) is 0. The van der Waals surface area contributed by atoms with E-state index in [0.29, 0.717) is 17.7 Å². The van der Waals surface area contributed by atoms with Crippen LogP contribution in [0.5, 0.6) is 5.75 Å². The topological polar surface area (TPSA) is 21.3 Å². The van der Waals surface area contributed by atoms with Gasteiger partial charge >= 0.3 is 6.18 Å². The van der Waals surface area contributed by atoms with Crippen LogP contribution in [-0.2, 0) is 12.7 Å². The van der Waals surface area contributed by atoms with Gasteiger partial charge < -0.3 is 10.1 Å². The highest BCUT2D eigenvalue weighted by atomic mass is 19.4. The molecule has 5 heteroatoms. The molecule has 0 aliphatic rings. The third-order valence-electron chi connectivity index (χ3n) is 2.58. The Morgan fingerprint density at radius 1 is 1.35 bits per heavy atom. The molecule has 0 aromatic heterocycles. The van der Waals surface area contributed by atoms with E-state index in [-0.39, 0.29) is 12.4 Å². The standard InChI is InChI=1S/C15H20F3NO/c1-4-7-19-9-12-5-6-14(20-10-11(2)3)13(8-12)15(16,17)18/h5-6,8,19H,2,4,7,9-10H2,1,3H3. The van der Waals surface area contributed by atoms with Crippen molar-refractivity contribution in [3.05, 3.63) is 41.5 Å². The zero-order chi connectivity index (χ0) is 15.2. The van der Waals surface area contributed by atoms with Crippen molar-refractivity contribution in [2.75, 3.05) is 13.2 Å². The molecular formula is C15H20F3NO. The lowest BCUT2D eigenvalue weighted by Gasteiger charge is -2.15. The molecular weight excluding hydrogens is 267 g/mol. The Morgan fingerprint density at radius 2 is 2.05 bits per heavy atom. The first kappa shape index (κ1) is 16.6. The van der Waals surface area contributed by atoms with E-state index >= 15 is 0 Å². The van der Waals surface area contributed by atoms with Crippen LogP contribution in [-0.4, -0.2) is 13.2 Å². The van der Waals surface area contributed by atoms with Crippen molar-refractivity contribution in [3.8, 4) is 5.75 Å². The summed E-state index contributed by atoms with van der Waals surface area (Å²) in [6.45, 7) is 8.59. The molecule has 1 rings (SSSR count). The van der Waals surface area contributed by atoms with Crippen LogP contribution < -0.4 is 10.1 Å². The van der Waals surface area contributed by atoms with Gasteiger partial charge in [-0.05, 0) is 43.2 Å². The number of ether oxygens (including phenoxy) is 1. The zero-order valence-corrected chi connectivity index (χ0v) is 11.8. The molecule has 0 aliphatic heterocycles. The Balaban J connectivity index is 2.92. The fraction of sp³-hybridized carbons (Fsp3) is 0.467. The molecule has 0 unspecified atom stereocenters. The maximum Gasteiger partial charge on any atom is 0.419 e. The van der Waals surface area contributed by atoms with E-state index in [9.17, 15) is 13.2 Å². The van der Waals surface area contributed by atoms with Crippen LogP contribution in [0.4, 0.5) is 13.2 Å². The molecule has 20 heavy (non-hydrogen) atoms. The molecule has 0 radical (unpaired) electrons. The molecule has 2 nitrogen and oxygen atoms in total. The largest absolute Gasteiger partial charge is 0.489 e. The van der Waals surface area contributed by atoms with Gasteiger partial charge in [0, 0.05) is 6.54 Å².